The number of likely N-dealkylation sites (tertiary alicyclic amines) is 1. The van der Waals surface area contributed by atoms with Crippen LogP contribution >= 0.6 is 0 Å². The third kappa shape index (κ3) is 9.52. The van der Waals surface area contributed by atoms with Crippen LogP contribution in [-0.4, -0.2) is 49.1 Å². The zero-order chi connectivity index (χ0) is 18.0. The van der Waals surface area contributed by atoms with Gasteiger partial charge < -0.3 is 9.04 Å². The van der Waals surface area contributed by atoms with E-state index in [2.05, 4.69) is 13.8 Å². The molecule has 1 heterocycles. The van der Waals surface area contributed by atoms with Crippen LogP contribution in [0.2, 0.25) is 0 Å². The van der Waals surface area contributed by atoms with Crippen molar-refractivity contribution in [3.63, 3.8) is 0 Å². The minimum Gasteiger partial charge on any atom is -0.741 e. The first-order valence-electron chi connectivity index (χ1n) is 8.45. The summed E-state index contributed by atoms with van der Waals surface area (Å²) in [4.78, 5) is 0. The summed E-state index contributed by atoms with van der Waals surface area (Å²) in [6.45, 7) is 10.4. The van der Waals surface area contributed by atoms with Crippen LogP contribution in [0, 0.1) is 0 Å². The van der Waals surface area contributed by atoms with E-state index >= 15 is 0 Å². The van der Waals surface area contributed by atoms with Gasteiger partial charge in [0.15, 0.2) is 10.1 Å². The minimum atomic E-state index is -6.09. The molecule has 1 saturated heterocycles. The number of unbranched alkanes of at least 4 members (excludes halogenated alkanes) is 5. The third-order valence-electron chi connectivity index (χ3n) is 4.46. The summed E-state index contributed by atoms with van der Waals surface area (Å²) in [6.07, 6.45) is 11.6. The van der Waals surface area contributed by atoms with Crippen molar-refractivity contribution in [3.8, 4) is 0 Å². The summed E-state index contributed by atoms with van der Waals surface area (Å²) in [6, 6.07) is 0. The molecule has 0 bridgehead atoms. The molecule has 0 N–H and O–H groups in total. The molecule has 0 amide bonds. The average molecular weight is 361 g/mol. The van der Waals surface area contributed by atoms with E-state index in [-0.39, 0.29) is 0 Å². The Morgan fingerprint density at radius 3 is 1.78 bits per heavy atom. The molecule has 0 spiro atoms. The van der Waals surface area contributed by atoms with Gasteiger partial charge in [-0.25, -0.2) is 8.42 Å². The molecule has 1 aliphatic rings. The van der Waals surface area contributed by atoms with Crippen molar-refractivity contribution in [2.75, 3.05) is 26.2 Å². The van der Waals surface area contributed by atoms with Crippen molar-refractivity contribution >= 4 is 10.1 Å². The largest absolute Gasteiger partial charge is 0.741 e. The predicted octanol–water partition coefficient (Wildman–Crippen LogP) is 4.03. The van der Waals surface area contributed by atoms with Gasteiger partial charge in [-0.15, -0.1) is 0 Å². The van der Waals surface area contributed by atoms with E-state index in [1.165, 1.54) is 82.0 Å². The van der Waals surface area contributed by atoms with E-state index in [9.17, 15) is 13.2 Å². The van der Waals surface area contributed by atoms with Gasteiger partial charge in [-0.3, -0.25) is 0 Å². The molecule has 0 aliphatic carbocycles. The van der Waals surface area contributed by atoms with E-state index in [4.69, 9.17) is 13.0 Å². The Bertz CT molecular complexity index is 405. The first kappa shape index (κ1) is 22.7. The van der Waals surface area contributed by atoms with E-state index in [0.29, 0.717) is 0 Å². The fraction of sp³-hybridized carbons (Fsp3) is 1.00. The van der Waals surface area contributed by atoms with Crippen LogP contribution < -0.4 is 0 Å². The van der Waals surface area contributed by atoms with Crippen LogP contribution in [0.4, 0.5) is 13.2 Å². The maximum absolute atomic E-state index is 10.7. The second kappa shape index (κ2) is 10.5. The molecule has 140 valence electrons. The Morgan fingerprint density at radius 2 is 1.39 bits per heavy atom. The molecule has 8 heteroatoms. The Labute approximate surface area is 138 Å². The van der Waals surface area contributed by atoms with Gasteiger partial charge >= 0.3 is 5.51 Å². The predicted molar refractivity (Wildman–Crippen MR) is 83.8 cm³/mol. The number of hydrogen-bond donors (Lipinski definition) is 0. The molecule has 0 aromatic carbocycles. The fourth-order valence-corrected chi connectivity index (χ4v) is 2.93. The van der Waals surface area contributed by atoms with Gasteiger partial charge in [0.2, 0.25) is 0 Å². The monoisotopic (exact) mass is 361 g/mol. The highest BCUT2D eigenvalue weighted by Crippen LogP contribution is 2.21. The molecular formula is C15H30F3NO3S. The summed E-state index contributed by atoms with van der Waals surface area (Å²) in [7, 11) is -6.09. The Balaban J connectivity index is 0.000000515. The second-order valence-corrected chi connectivity index (χ2v) is 7.57. The van der Waals surface area contributed by atoms with Crippen LogP contribution in [0.3, 0.4) is 0 Å². The van der Waals surface area contributed by atoms with Crippen molar-refractivity contribution in [2.24, 2.45) is 0 Å². The first-order valence-corrected chi connectivity index (χ1v) is 9.86. The van der Waals surface area contributed by atoms with Gasteiger partial charge in [0, 0.05) is 12.8 Å². The second-order valence-electron chi connectivity index (χ2n) is 6.20. The lowest BCUT2D eigenvalue weighted by molar-refractivity contribution is -0.915. The number of halogens is 3. The van der Waals surface area contributed by atoms with Crippen molar-refractivity contribution in [1.29, 1.82) is 0 Å². The molecule has 1 aliphatic heterocycles. The zero-order valence-corrected chi connectivity index (χ0v) is 15.0. The standard InChI is InChI=1S/C14H30N.CHF3O3S/c1-3-5-6-7-8-9-12-15(4-2)13-10-11-14-15;2-1(3,4)8(5,6)7/h3-14H2,1-2H3;(H,5,6,7)/q+1;/p-1. The maximum Gasteiger partial charge on any atom is 0.485 e. The van der Waals surface area contributed by atoms with Crippen molar-refractivity contribution in [3.05, 3.63) is 0 Å². The first-order chi connectivity index (χ1) is 10.6. The van der Waals surface area contributed by atoms with Gasteiger partial charge in [0.05, 0.1) is 26.2 Å². The molecule has 1 fully saturated rings. The lowest BCUT2D eigenvalue weighted by Gasteiger charge is -2.33. The summed E-state index contributed by atoms with van der Waals surface area (Å²) in [5.74, 6) is 0. The highest BCUT2D eigenvalue weighted by Gasteiger charge is 2.36. The summed E-state index contributed by atoms with van der Waals surface area (Å²) >= 11 is 0. The lowest BCUT2D eigenvalue weighted by atomic mass is 10.1. The topological polar surface area (TPSA) is 57.2 Å². The third-order valence-corrected chi connectivity index (χ3v) is 5.02. The molecule has 0 aromatic rings. The molecule has 0 unspecified atom stereocenters. The van der Waals surface area contributed by atoms with Crippen molar-refractivity contribution < 1.29 is 30.6 Å². The van der Waals surface area contributed by atoms with Gasteiger partial charge in [0.1, 0.15) is 0 Å². The summed E-state index contributed by atoms with van der Waals surface area (Å²) < 4.78 is 60.3. The zero-order valence-electron chi connectivity index (χ0n) is 14.2. The molecule has 0 aromatic heterocycles. The molecule has 0 saturated carbocycles. The highest BCUT2D eigenvalue weighted by atomic mass is 32.2. The van der Waals surface area contributed by atoms with Crippen LogP contribution in [0.25, 0.3) is 0 Å². The number of quaternary nitrogens is 1. The molecular weight excluding hydrogens is 331 g/mol. The number of hydrogen-bond acceptors (Lipinski definition) is 3. The number of nitrogens with zero attached hydrogens (tertiary/aromatic N) is 1. The fourth-order valence-electron chi connectivity index (χ4n) is 2.93. The minimum absolute atomic E-state index is 1.37. The normalized spacial score (nSPS) is 17.7. The number of rotatable bonds is 8. The Hall–Kier alpha value is -0.340. The molecule has 4 nitrogen and oxygen atoms in total. The van der Waals surface area contributed by atoms with Gasteiger partial charge in [-0.1, -0.05) is 32.6 Å². The summed E-state index contributed by atoms with van der Waals surface area (Å²) in [5.41, 5.74) is -5.65. The summed E-state index contributed by atoms with van der Waals surface area (Å²) in [5, 5.41) is 0. The SMILES string of the molecule is CCCCCCCC[N+]1(CC)CCCC1.O=S(=O)([O-])C(F)(F)F. The Morgan fingerprint density at radius 1 is 0.957 bits per heavy atom. The smallest absolute Gasteiger partial charge is 0.485 e. The van der Waals surface area contributed by atoms with E-state index in [0.717, 1.165) is 0 Å². The molecule has 0 atom stereocenters. The average Bonchev–Trinajstić information content (AvgIpc) is 2.91. The Kier molecular flexibility index (Phi) is 10.4. The van der Waals surface area contributed by atoms with Gasteiger partial charge in [0.25, 0.3) is 0 Å². The quantitative estimate of drug-likeness (QED) is 0.284. The van der Waals surface area contributed by atoms with Crippen LogP contribution in [0.1, 0.15) is 65.2 Å². The van der Waals surface area contributed by atoms with Crippen LogP contribution in [0.5, 0.6) is 0 Å². The van der Waals surface area contributed by atoms with Crippen LogP contribution in [-0.2, 0) is 10.1 Å². The molecule has 1 rings (SSSR count). The molecule has 23 heavy (non-hydrogen) atoms. The highest BCUT2D eigenvalue weighted by molar-refractivity contribution is 7.86. The lowest BCUT2D eigenvalue weighted by Crippen LogP contribution is -2.45. The van der Waals surface area contributed by atoms with Gasteiger partial charge in [-0.2, -0.15) is 13.2 Å². The van der Waals surface area contributed by atoms with E-state index in [1.54, 1.807) is 0 Å². The van der Waals surface area contributed by atoms with Crippen molar-refractivity contribution in [1.82, 2.24) is 0 Å². The van der Waals surface area contributed by atoms with Gasteiger partial charge in [-0.05, 0) is 19.8 Å². The molecule has 0 radical (unpaired) electrons. The van der Waals surface area contributed by atoms with Crippen LogP contribution in [0.15, 0.2) is 0 Å². The van der Waals surface area contributed by atoms with E-state index < -0.39 is 15.6 Å². The number of alkyl halides is 3. The van der Waals surface area contributed by atoms with E-state index in [1.807, 2.05) is 0 Å². The van der Waals surface area contributed by atoms with Crippen molar-refractivity contribution in [2.45, 2.75) is 70.7 Å². The maximum atomic E-state index is 10.7.